The average Bonchev–Trinajstić information content (AvgIpc) is 2.08. The summed E-state index contributed by atoms with van der Waals surface area (Å²) in [5.74, 6) is -0.417. The molecule has 1 nitrogen and oxygen atoms in total. The first kappa shape index (κ1) is 9.13. The third-order valence-corrected chi connectivity index (χ3v) is 1.73. The predicted octanol–water partition coefficient (Wildman–Crippen LogP) is 2.14. The molecule has 0 aliphatic carbocycles. The van der Waals surface area contributed by atoms with Crippen LogP contribution in [0.25, 0.3) is 0 Å². The van der Waals surface area contributed by atoms with Gasteiger partial charge in [0.2, 0.25) is 0 Å². The Labute approximate surface area is 69.7 Å². The fraction of sp³-hybridized carbons (Fsp3) is 0.333. The topological polar surface area (TPSA) is 20.2 Å². The Balaban J connectivity index is 2.96. The van der Waals surface area contributed by atoms with Crippen molar-refractivity contribution in [3.05, 3.63) is 35.1 Å². The molecule has 0 saturated heterocycles. The van der Waals surface area contributed by atoms with E-state index in [1.54, 1.807) is 6.92 Å². The number of rotatable bonds is 2. The molecule has 66 valence electrons. The van der Waals surface area contributed by atoms with Crippen LogP contribution in [0.15, 0.2) is 18.2 Å². The van der Waals surface area contributed by atoms with E-state index in [0.29, 0.717) is 5.56 Å². The minimum atomic E-state index is -1.21. The van der Waals surface area contributed by atoms with Gasteiger partial charge in [-0.15, -0.1) is 0 Å². The zero-order valence-electron chi connectivity index (χ0n) is 6.72. The molecule has 0 spiro atoms. The van der Waals surface area contributed by atoms with E-state index in [1.165, 1.54) is 12.1 Å². The first-order chi connectivity index (χ1) is 5.65. The van der Waals surface area contributed by atoms with Gasteiger partial charge in [0.25, 0.3) is 0 Å². The van der Waals surface area contributed by atoms with Gasteiger partial charge in [-0.25, -0.2) is 8.78 Å². The minimum absolute atomic E-state index is 0.278. The summed E-state index contributed by atoms with van der Waals surface area (Å²) >= 11 is 0. The van der Waals surface area contributed by atoms with Crippen LogP contribution in [0.3, 0.4) is 0 Å². The van der Waals surface area contributed by atoms with Crippen molar-refractivity contribution in [1.29, 1.82) is 0 Å². The second-order valence-corrected chi connectivity index (χ2v) is 2.68. The number of halogens is 2. The molecular weight excluding hydrogens is 162 g/mol. The van der Waals surface area contributed by atoms with E-state index < -0.39 is 18.6 Å². The molecule has 1 aromatic rings. The highest BCUT2D eigenvalue weighted by molar-refractivity contribution is 5.24. The van der Waals surface area contributed by atoms with Gasteiger partial charge in [-0.1, -0.05) is 12.1 Å². The summed E-state index contributed by atoms with van der Waals surface area (Å²) in [5.41, 5.74) is 0.769. The molecule has 0 aliphatic heterocycles. The number of benzene rings is 1. The molecule has 1 rings (SSSR count). The van der Waals surface area contributed by atoms with E-state index in [-0.39, 0.29) is 5.56 Å². The van der Waals surface area contributed by atoms with Gasteiger partial charge in [0.1, 0.15) is 18.6 Å². The van der Waals surface area contributed by atoms with Crippen molar-refractivity contribution < 1.29 is 13.9 Å². The quantitative estimate of drug-likeness (QED) is 0.724. The van der Waals surface area contributed by atoms with E-state index in [9.17, 15) is 8.78 Å². The lowest BCUT2D eigenvalue weighted by atomic mass is 10.1. The lowest BCUT2D eigenvalue weighted by molar-refractivity contribution is 0.141. The van der Waals surface area contributed by atoms with Crippen LogP contribution in [0.5, 0.6) is 0 Å². The maximum absolute atomic E-state index is 12.8. The van der Waals surface area contributed by atoms with Gasteiger partial charge in [0, 0.05) is 0 Å². The van der Waals surface area contributed by atoms with Crippen LogP contribution < -0.4 is 0 Å². The number of aliphatic hydroxyl groups excluding tert-OH is 1. The normalized spacial score (nSPS) is 13.0. The zero-order chi connectivity index (χ0) is 9.14. The van der Waals surface area contributed by atoms with Crippen LogP contribution in [0.4, 0.5) is 8.78 Å². The molecule has 0 aliphatic rings. The molecule has 1 unspecified atom stereocenters. The smallest absolute Gasteiger partial charge is 0.126 e. The Kier molecular flexibility index (Phi) is 2.76. The molecule has 0 amide bonds. The fourth-order valence-electron chi connectivity index (χ4n) is 0.905. The Morgan fingerprint density at radius 1 is 1.50 bits per heavy atom. The van der Waals surface area contributed by atoms with Crippen LogP contribution in [0, 0.1) is 12.7 Å². The summed E-state index contributed by atoms with van der Waals surface area (Å²) in [6.07, 6.45) is -1.21. The standard InChI is InChI=1S/C9H10F2O/c1-6-2-3-7(4-8(6)11)9(12)5-10/h2-4,9,12H,5H2,1H3. The van der Waals surface area contributed by atoms with E-state index >= 15 is 0 Å². The van der Waals surface area contributed by atoms with Gasteiger partial charge in [0.15, 0.2) is 0 Å². The zero-order valence-corrected chi connectivity index (χ0v) is 6.72. The lowest BCUT2D eigenvalue weighted by Gasteiger charge is -2.06. The van der Waals surface area contributed by atoms with Crippen LogP contribution in [-0.4, -0.2) is 11.8 Å². The monoisotopic (exact) mass is 172 g/mol. The summed E-state index contributed by atoms with van der Waals surface area (Å²) in [4.78, 5) is 0. The van der Waals surface area contributed by atoms with E-state index in [0.717, 1.165) is 6.07 Å². The summed E-state index contributed by atoms with van der Waals surface area (Å²) in [6, 6.07) is 4.19. The first-order valence-electron chi connectivity index (χ1n) is 3.65. The summed E-state index contributed by atoms with van der Waals surface area (Å²) in [7, 11) is 0. The average molecular weight is 172 g/mol. The third kappa shape index (κ3) is 1.80. The Morgan fingerprint density at radius 2 is 2.17 bits per heavy atom. The molecule has 3 heteroatoms. The van der Waals surface area contributed by atoms with E-state index in [4.69, 9.17) is 5.11 Å². The van der Waals surface area contributed by atoms with Crippen LogP contribution in [0.1, 0.15) is 17.2 Å². The summed E-state index contributed by atoms with van der Waals surface area (Å²) in [6.45, 7) is 0.726. The van der Waals surface area contributed by atoms with Crippen LogP contribution >= 0.6 is 0 Å². The van der Waals surface area contributed by atoms with Crippen molar-refractivity contribution in [2.24, 2.45) is 0 Å². The van der Waals surface area contributed by atoms with Crippen molar-refractivity contribution in [3.63, 3.8) is 0 Å². The Hall–Kier alpha value is -0.960. The minimum Gasteiger partial charge on any atom is -0.386 e. The van der Waals surface area contributed by atoms with Crippen molar-refractivity contribution in [1.82, 2.24) is 0 Å². The fourth-order valence-corrected chi connectivity index (χ4v) is 0.905. The van der Waals surface area contributed by atoms with E-state index in [1.807, 2.05) is 0 Å². The summed E-state index contributed by atoms with van der Waals surface area (Å²) in [5, 5.41) is 9.00. The number of hydrogen-bond acceptors (Lipinski definition) is 1. The van der Waals surface area contributed by atoms with Gasteiger partial charge in [-0.2, -0.15) is 0 Å². The van der Waals surface area contributed by atoms with Gasteiger partial charge < -0.3 is 5.11 Å². The molecule has 1 atom stereocenters. The molecule has 0 saturated carbocycles. The molecule has 12 heavy (non-hydrogen) atoms. The highest BCUT2D eigenvalue weighted by atomic mass is 19.1. The lowest BCUT2D eigenvalue weighted by Crippen LogP contribution is -2.00. The van der Waals surface area contributed by atoms with Gasteiger partial charge >= 0.3 is 0 Å². The molecule has 0 radical (unpaired) electrons. The molecule has 0 fully saturated rings. The second kappa shape index (κ2) is 3.63. The van der Waals surface area contributed by atoms with Gasteiger partial charge in [0.05, 0.1) is 0 Å². The van der Waals surface area contributed by atoms with Gasteiger partial charge in [-0.3, -0.25) is 0 Å². The van der Waals surface area contributed by atoms with E-state index in [2.05, 4.69) is 0 Å². The van der Waals surface area contributed by atoms with Crippen molar-refractivity contribution in [2.75, 3.05) is 6.67 Å². The molecule has 1 N–H and O–H groups in total. The first-order valence-corrected chi connectivity index (χ1v) is 3.65. The largest absolute Gasteiger partial charge is 0.386 e. The number of aliphatic hydroxyl groups is 1. The molecule has 0 heterocycles. The van der Waals surface area contributed by atoms with Crippen molar-refractivity contribution >= 4 is 0 Å². The van der Waals surface area contributed by atoms with Crippen LogP contribution in [0.2, 0.25) is 0 Å². The maximum Gasteiger partial charge on any atom is 0.126 e. The van der Waals surface area contributed by atoms with Crippen molar-refractivity contribution in [3.8, 4) is 0 Å². The third-order valence-electron chi connectivity index (χ3n) is 1.73. The Morgan fingerprint density at radius 3 is 2.67 bits per heavy atom. The maximum atomic E-state index is 12.8. The molecule has 1 aromatic carbocycles. The van der Waals surface area contributed by atoms with Crippen LogP contribution in [-0.2, 0) is 0 Å². The number of alkyl halides is 1. The molecular formula is C9H10F2O. The molecule has 0 bridgehead atoms. The van der Waals surface area contributed by atoms with Crippen molar-refractivity contribution in [2.45, 2.75) is 13.0 Å². The highest BCUT2D eigenvalue weighted by Crippen LogP contribution is 2.16. The number of aryl methyl sites for hydroxylation is 1. The highest BCUT2D eigenvalue weighted by Gasteiger charge is 2.08. The van der Waals surface area contributed by atoms with Gasteiger partial charge in [-0.05, 0) is 24.1 Å². The number of hydrogen-bond donors (Lipinski definition) is 1. The summed E-state index contributed by atoms with van der Waals surface area (Å²) < 4.78 is 24.8. The molecule has 0 aromatic heterocycles. The Bertz CT molecular complexity index is 273. The SMILES string of the molecule is Cc1ccc(C(O)CF)cc1F. The second-order valence-electron chi connectivity index (χ2n) is 2.68. The predicted molar refractivity (Wildman–Crippen MR) is 42.1 cm³/mol.